The molecule has 2 N–H and O–H groups in total. The highest BCUT2D eigenvalue weighted by Crippen LogP contribution is 2.56. The van der Waals surface area contributed by atoms with Gasteiger partial charge in [-0.05, 0) is 25.0 Å². The third-order valence-electron chi connectivity index (χ3n) is 3.51. The third kappa shape index (κ3) is 3.86. The van der Waals surface area contributed by atoms with Gasteiger partial charge in [0.15, 0.2) is 34.5 Å². The van der Waals surface area contributed by atoms with Crippen LogP contribution in [0.5, 0.6) is 34.5 Å². The monoisotopic (exact) mass is 584 g/mol. The molecule has 1 aliphatic rings. The predicted molar refractivity (Wildman–Crippen MR) is 107 cm³/mol. The van der Waals surface area contributed by atoms with Crippen LogP contribution in [0.15, 0.2) is 30.3 Å². The summed E-state index contributed by atoms with van der Waals surface area (Å²) in [6.45, 7) is 0. The molecule has 8 heteroatoms. The highest BCUT2D eigenvalue weighted by Gasteiger charge is 2.31. The van der Waals surface area contributed by atoms with E-state index in [2.05, 4.69) is 63.7 Å². The minimum Gasteiger partial charge on any atom is -0.504 e. The van der Waals surface area contributed by atoms with Crippen LogP contribution in [0, 0.1) is 0 Å². The Morgan fingerprint density at radius 1 is 1.00 bits per heavy atom. The molecule has 3 rings (SSSR count). The molecule has 1 atom stereocenters. The molecule has 0 spiro atoms. The van der Waals surface area contributed by atoms with Crippen molar-refractivity contribution in [3.05, 3.63) is 35.9 Å². The average molecular weight is 588 g/mol. The minimum atomic E-state index is -0.393. The first-order chi connectivity index (χ1) is 11.3. The number of phenolic OH excluding ortho intramolecular Hbond substituents is 2. The molecule has 0 aromatic heterocycles. The molecule has 24 heavy (non-hydrogen) atoms. The lowest BCUT2D eigenvalue weighted by molar-refractivity contribution is 0.340. The number of hydrogen-bond donors (Lipinski definition) is 2. The highest BCUT2D eigenvalue weighted by atomic mass is 80.0. The molecular weight excluding hydrogens is 576 g/mol. The van der Waals surface area contributed by atoms with Crippen molar-refractivity contribution in [2.45, 2.75) is 19.8 Å². The molecule has 0 fully saturated rings. The van der Waals surface area contributed by atoms with Crippen molar-refractivity contribution in [1.29, 1.82) is 0 Å². The molecule has 2 aromatic carbocycles. The fraction of sp³-hybridized carbons (Fsp3) is 0.250. The number of para-hydroxylation sites is 2. The van der Waals surface area contributed by atoms with Gasteiger partial charge >= 0.3 is 0 Å². The summed E-state index contributed by atoms with van der Waals surface area (Å²) >= 11 is 13.9. The van der Waals surface area contributed by atoms with Gasteiger partial charge in [0.25, 0.3) is 0 Å². The Balaban J connectivity index is 2.00. The summed E-state index contributed by atoms with van der Waals surface area (Å²) < 4.78 is 11.3. The normalized spacial score (nSPS) is 14.2. The molecule has 0 saturated heterocycles. The highest BCUT2D eigenvalue weighted by molar-refractivity contribution is 9.39. The van der Waals surface area contributed by atoms with Gasteiger partial charge in [-0.1, -0.05) is 75.9 Å². The molecule has 4 nitrogen and oxygen atoms in total. The molecule has 0 radical (unpaired) electrons. The molecule has 1 unspecified atom stereocenters. The van der Waals surface area contributed by atoms with Crippen molar-refractivity contribution in [2.75, 3.05) is 0 Å². The van der Waals surface area contributed by atoms with Gasteiger partial charge in [-0.3, -0.25) is 0 Å². The van der Waals surface area contributed by atoms with Crippen molar-refractivity contribution < 1.29 is 19.7 Å². The predicted octanol–water partition coefficient (Wildman–Crippen LogP) is 7.05. The van der Waals surface area contributed by atoms with Crippen molar-refractivity contribution >= 4 is 63.7 Å². The zero-order valence-electron chi connectivity index (χ0n) is 12.1. The van der Waals surface area contributed by atoms with E-state index in [1.807, 2.05) is 12.1 Å². The Morgan fingerprint density at radius 3 is 2.25 bits per heavy atom. The van der Waals surface area contributed by atoms with Crippen LogP contribution in [0.2, 0.25) is 0 Å². The number of alkyl halides is 4. The summed E-state index contributed by atoms with van der Waals surface area (Å²) in [6.07, 6.45) is 1.35. The van der Waals surface area contributed by atoms with Crippen molar-refractivity contribution in [2.24, 2.45) is 0 Å². The molecule has 128 valence electrons. The Hall–Kier alpha value is -0.440. The summed E-state index contributed by atoms with van der Waals surface area (Å²) in [5.74, 6) is 1.42. The quantitative estimate of drug-likeness (QED) is 0.255. The fourth-order valence-corrected chi connectivity index (χ4v) is 3.73. The molecule has 2 aromatic rings. The van der Waals surface area contributed by atoms with Gasteiger partial charge in [0, 0.05) is 10.9 Å². The number of ether oxygens (including phenoxy) is 2. The molecule has 0 amide bonds. The van der Waals surface area contributed by atoms with E-state index in [9.17, 15) is 10.2 Å². The van der Waals surface area contributed by atoms with Crippen LogP contribution in [0.3, 0.4) is 0 Å². The number of halogens is 4. The van der Waals surface area contributed by atoms with Crippen molar-refractivity contribution in [3.63, 3.8) is 0 Å². The zero-order valence-corrected chi connectivity index (χ0v) is 18.4. The molecule has 0 aliphatic carbocycles. The van der Waals surface area contributed by atoms with Crippen LogP contribution in [0.1, 0.15) is 23.2 Å². The largest absolute Gasteiger partial charge is 0.504 e. The number of fused-ring (bicyclic) bond motifs is 2. The van der Waals surface area contributed by atoms with Crippen molar-refractivity contribution in [3.8, 4) is 34.5 Å². The van der Waals surface area contributed by atoms with E-state index in [1.54, 1.807) is 12.1 Å². The van der Waals surface area contributed by atoms with Crippen LogP contribution >= 0.6 is 63.7 Å². The lowest BCUT2D eigenvalue weighted by atomic mass is 10.0. The topological polar surface area (TPSA) is 58.9 Å². The molecule has 0 bridgehead atoms. The van der Waals surface area contributed by atoms with E-state index < -0.39 is 2.14 Å². The van der Waals surface area contributed by atoms with Gasteiger partial charge in [0.2, 0.25) is 0 Å². The third-order valence-corrected chi connectivity index (χ3v) is 5.61. The Labute approximate surface area is 172 Å². The minimum absolute atomic E-state index is 0.220. The van der Waals surface area contributed by atoms with Gasteiger partial charge in [0.05, 0.1) is 5.56 Å². The Kier molecular flexibility index (Phi) is 5.39. The number of benzene rings is 2. The summed E-state index contributed by atoms with van der Waals surface area (Å²) in [5, 5.41) is 20.4. The molecular formula is C16H12Br4O4. The van der Waals surface area contributed by atoms with Gasteiger partial charge in [0.1, 0.15) is 2.14 Å². The van der Waals surface area contributed by atoms with E-state index in [1.165, 1.54) is 6.07 Å². The number of aromatic hydroxyl groups is 2. The second kappa shape index (κ2) is 7.05. The second-order valence-electron chi connectivity index (χ2n) is 5.26. The molecule has 1 heterocycles. The zero-order chi connectivity index (χ0) is 17.5. The lowest BCUT2D eigenvalue weighted by Crippen LogP contribution is -2.06. The smallest absolute Gasteiger partial charge is 0.178 e. The number of hydrogen-bond acceptors (Lipinski definition) is 4. The fourth-order valence-electron chi connectivity index (χ4n) is 2.39. The van der Waals surface area contributed by atoms with Crippen molar-refractivity contribution in [1.82, 2.24) is 0 Å². The van der Waals surface area contributed by atoms with Crippen LogP contribution < -0.4 is 9.47 Å². The summed E-state index contributed by atoms with van der Waals surface area (Å²) in [4.78, 5) is -0.251. The standard InChI is InChI=1S/C16H12Br4O4/c17-8(5-6-16(18,19)20)13-14(22)9(21)7-12-15(13)24-11-4-2-1-3-10(11)23-12/h1-4,7-8,21-22H,5-6H2. The number of phenols is 2. The maximum atomic E-state index is 10.4. The second-order valence-corrected chi connectivity index (χ2v) is 13.6. The average Bonchev–Trinajstić information content (AvgIpc) is 2.51. The van der Waals surface area contributed by atoms with Crippen LogP contribution in [0.4, 0.5) is 0 Å². The Morgan fingerprint density at radius 2 is 1.62 bits per heavy atom. The summed E-state index contributed by atoms with van der Waals surface area (Å²) in [6, 6.07) is 8.60. The summed E-state index contributed by atoms with van der Waals surface area (Å²) in [7, 11) is 0. The first-order valence-electron chi connectivity index (χ1n) is 7.00. The molecule has 1 aliphatic heterocycles. The Bertz CT molecular complexity index is 773. The van der Waals surface area contributed by atoms with Crippen LogP contribution in [-0.2, 0) is 0 Å². The first-order valence-corrected chi connectivity index (χ1v) is 10.3. The summed E-state index contributed by atoms with van der Waals surface area (Å²) in [5.41, 5.74) is 0.455. The van der Waals surface area contributed by atoms with E-state index in [0.29, 0.717) is 41.4 Å². The van der Waals surface area contributed by atoms with Crippen LogP contribution in [-0.4, -0.2) is 12.4 Å². The first kappa shape index (κ1) is 18.4. The van der Waals surface area contributed by atoms with Gasteiger partial charge in [-0.2, -0.15) is 0 Å². The van der Waals surface area contributed by atoms with Crippen LogP contribution in [0.25, 0.3) is 0 Å². The SMILES string of the molecule is Oc1cc2c(c(C(Br)CCC(Br)(Br)Br)c1O)Oc1ccccc1O2. The van der Waals surface area contributed by atoms with E-state index in [0.717, 1.165) is 0 Å². The van der Waals surface area contributed by atoms with E-state index >= 15 is 0 Å². The van der Waals surface area contributed by atoms with E-state index in [4.69, 9.17) is 9.47 Å². The van der Waals surface area contributed by atoms with Gasteiger partial charge < -0.3 is 19.7 Å². The molecule has 0 saturated carbocycles. The lowest BCUT2D eigenvalue weighted by Gasteiger charge is -2.26. The maximum Gasteiger partial charge on any atom is 0.178 e. The van der Waals surface area contributed by atoms with E-state index in [-0.39, 0.29) is 16.3 Å². The number of rotatable bonds is 3. The van der Waals surface area contributed by atoms with Gasteiger partial charge in [-0.15, -0.1) is 0 Å². The maximum absolute atomic E-state index is 10.4. The van der Waals surface area contributed by atoms with Gasteiger partial charge in [-0.25, -0.2) is 0 Å².